The maximum Gasteiger partial charge on any atom is 0.252 e. The number of nitrogens with two attached hydrogens (primary N) is 1. The van der Waals surface area contributed by atoms with Crippen molar-refractivity contribution >= 4 is 27.5 Å². The molecule has 0 heterocycles. The van der Waals surface area contributed by atoms with Gasteiger partial charge in [-0.3, -0.25) is 4.79 Å². The van der Waals surface area contributed by atoms with E-state index in [2.05, 4.69) is 21.2 Å². The molecule has 0 spiro atoms. The van der Waals surface area contributed by atoms with E-state index in [1.54, 1.807) is 24.3 Å². The van der Waals surface area contributed by atoms with Gasteiger partial charge >= 0.3 is 0 Å². The van der Waals surface area contributed by atoms with Gasteiger partial charge in [0.05, 0.1) is 22.9 Å². The largest absolute Gasteiger partial charge is 0.396 e. The standard InChI is InChI=1S/C15H11BrFN3O/c16-12-6-13(17)14(19)5-11(12)15(21)20-8-10-3-1-9(7-18)2-4-10/h1-6H,8,19H2,(H,20,21). The minimum atomic E-state index is -0.578. The lowest BCUT2D eigenvalue weighted by atomic mass is 10.1. The minimum Gasteiger partial charge on any atom is -0.396 e. The summed E-state index contributed by atoms with van der Waals surface area (Å²) in [6.45, 7) is 0.300. The molecule has 0 bridgehead atoms. The van der Waals surface area contributed by atoms with E-state index in [-0.39, 0.29) is 17.2 Å². The molecule has 2 rings (SSSR count). The Morgan fingerprint density at radius 3 is 2.62 bits per heavy atom. The van der Waals surface area contributed by atoms with Crippen LogP contribution in [0, 0.1) is 17.1 Å². The smallest absolute Gasteiger partial charge is 0.252 e. The molecule has 0 aliphatic heterocycles. The molecule has 0 aliphatic rings. The molecule has 21 heavy (non-hydrogen) atoms. The van der Waals surface area contributed by atoms with Crippen LogP contribution in [0.5, 0.6) is 0 Å². The second kappa shape index (κ2) is 6.37. The normalized spacial score (nSPS) is 9.95. The van der Waals surface area contributed by atoms with Gasteiger partial charge in [0.1, 0.15) is 5.82 Å². The van der Waals surface area contributed by atoms with Crippen molar-refractivity contribution in [3.8, 4) is 6.07 Å². The first-order valence-corrected chi connectivity index (χ1v) is 6.82. The van der Waals surface area contributed by atoms with Crippen LogP contribution in [0.2, 0.25) is 0 Å². The zero-order chi connectivity index (χ0) is 15.4. The SMILES string of the molecule is N#Cc1ccc(CNC(=O)c2cc(N)c(F)cc2Br)cc1. The number of rotatable bonds is 3. The van der Waals surface area contributed by atoms with Crippen molar-refractivity contribution in [2.24, 2.45) is 0 Å². The van der Waals surface area contributed by atoms with E-state index >= 15 is 0 Å². The van der Waals surface area contributed by atoms with E-state index in [9.17, 15) is 9.18 Å². The molecule has 0 unspecified atom stereocenters. The number of benzene rings is 2. The zero-order valence-electron chi connectivity index (χ0n) is 10.9. The first-order valence-electron chi connectivity index (χ1n) is 6.03. The molecule has 2 aromatic rings. The lowest BCUT2D eigenvalue weighted by Gasteiger charge is -2.08. The summed E-state index contributed by atoms with van der Waals surface area (Å²) in [7, 11) is 0. The maximum absolute atomic E-state index is 13.2. The molecular weight excluding hydrogens is 337 g/mol. The highest BCUT2D eigenvalue weighted by molar-refractivity contribution is 9.10. The highest BCUT2D eigenvalue weighted by Crippen LogP contribution is 2.22. The predicted octanol–water partition coefficient (Wildman–Crippen LogP) is 2.97. The molecule has 3 N–H and O–H groups in total. The summed E-state index contributed by atoms with van der Waals surface area (Å²) in [5, 5.41) is 11.4. The van der Waals surface area contributed by atoms with E-state index in [1.165, 1.54) is 6.07 Å². The lowest BCUT2D eigenvalue weighted by molar-refractivity contribution is 0.0950. The van der Waals surface area contributed by atoms with Gasteiger partial charge in [-0.2, -0.15) is 5.26 Å². The van der Waals surface area contributed by atoms with Gasteiger partial charge in [-0.25, -0.2) is 4.39 Å². The predicted molar refractivity (Wildman–Crippen MR) is 80.8 cm³/mol. The second-order valence-electron chi connectivity index (χ2n) is 4.34. The van der Waals surface area contributed by atoms with Crippen LogP contribution in [0.4, 0.5) is 10.1 Å². The molecule has 0 saturated carbocycles. The fraction of sp³-hybridized carbons (Fsp3) is 0.0667. The first-order chi connectivity index (χ1) is 10.0. The van der Waals surface area contributed by atoms with Gasteiger partial charge in [0, 0.05) is 11.0 Å². The van der Waals surface area contributed by atoms with Crippen LogP contribution in [-0.4, -0.2) is 5.91 Å². The summed E-state index contributed by atoms with van der Waals surface area (Å²) in [5.74, 6) is -0.941. The van der Waals surface area contributed by atoms with E-state index < -0.39 is 5.82 Å². The summed E-state index contributed by atoms with van der Waals surface area (Å²) < 4.78 is 13.6. The zero-order valence-corrected chi connectivity index (χ0v) is 12.4. The number of hydrogen-bond acceptors (Lipinski definition) is 3. The van der Waals surface area contributed by atoms with Crippen molar-refractivity contribution < 1.29 is 9.18 Å². The minimum absolute atomic E-state index is 0.0817. The third-order valence-corrected chi connectivity index (χ3v) is 3.52. The topological polar surface area (TPSA) is 78.9 Å². The van der Waals surface area contributed by atoms with E-state index in [0.717, 1.165) is 11.6 Å². The van der Waals surface area contributed by atoms with Gasteiger partial charge < -0.3 is 11.1 Å². The number of hydrogen-bond donors (Lipinski definition) is 2. The molecule has 2 aromatic carbocycles. The summed E-state index contributed by atoms with van der Waals surface area (Å²) in [5.41, 5.74) is 7.05. The van der Waals surface area contributed by atoms with Gasteiger partial charge in [0.15, 0.2) is 0 Å². The molecule has 4 nitrogen and oxygen atoms in total. The van der Waals surface area contributed by atoms with E-state index in [4.69, 9.17) is 11.0 Å². The first kappa shape index (κ1) is 15.0. The quantitative estimate of drug-likeness (QED) is 0.837. The Bertz CT molecular complexity index is 723. The number of nitrogens with zero attached hydrogens (tertiary/aromatic N) is 1. The molecule has 0 radical (unpaired) electrons. The van der Waals surface area contributed by atoms with Crippen molar-refractivity contribution in [2.45, 2.75) is 6.54 Å². The van der Waals surface area contributed by atoms with E-state index in [0.29, 0.717) is 16.6 Å². The molecule has 1 amide bonds. The average Bonchev–Trinajstić information content (AvgIpc) is 2.49. The van der Waals surface area contributed by atoms with Crippen LogP contribution < -0.4 is 11.1 Å². The number of nitrogens with one attached hydrogen (secondary N) is 1. The van der Waals surface area contributed by atoms with Gasteiger partial charge in [-0.15, -0.1) is 0 Å². The summed E-state index contributed by atoms with van der Waals surface area (Å²) in [6.07, 6.45) is 0. The van der Waals surface area contributed by atoms with Crippen molar-refractivity contribution in [2.75, 3.05) is 5.73 Å². The number of nitriles is 1. The third-order valence-electron chi connectivity index (χ3n) is 2.87. The molecule has 0 aromatic heterocycles. The molecule has 0 fully saturated rings. The van der Waals surface area contributed by atoms with Crippen LogP contribution >= 0.6 is 15.9 Å². The number of carbonyl (C=O) groups is 1. The monoisotopic (exact) mass is 347 g/mol. The van der Waals surface area contributed by atoms with Crippen LogP contribution in [0.1, 0.15) is 21.5 Å². The Balaban J connectivity index is 2.08. The number of amides is 1. The third kappa shape index (κ3) is 3.58. The summed E-state index contributed by atoms with van der Waals surface area (Å²) in [6, 6.07) is 11.3. The Morgan fingerprint density at radius 1 is 1.33 bits per heavy atom. The summed E-state index contributed by atoms with van der Waals surface area (Å²) >= 11 is 3.13. The molecular formula is C15H11BrFN3O. The van der Waals surface area contributed by atoms with Gasteiger partial charge in [0.2, 0.25) is 0 Å². The second-order valence-corrected chi connectivity index (χ2v) is 5.20. The Hall–Kier alpha value is -2.39. The van der Waals surface area contributed by atoms with Crippen LogP contribution in [0.25, 0.3) is 0 Å². The van der Waals surface area contributed by atoms with E-state index in [1.807, 2.05) is 6.07 Å². The van der Waals surface area contributed by atoms with Crippen molar-refractivity contribution in [1.82, 2.24) is 5.32 Å². The highest BCUT2D eigenvalue weighted by Gasteiger charge is 2.13. The van der Waals surface area contributed by atoms with Gasteiger partial charge in [-0.1, -0.05) is 12.1 Å². The molecule has 0 saturated heterocycles. The van der Waals surface area contributed by atoms with Gasteiger partial charge in [0.25, 0.3) is 5.91 Å². The molecule has 0 atom stereocenters. The molecule has 6 heteroatoms. The Labute approximate surface area is 129 Å². The Morgan fingerprint density at radius 2 is 2.00 bits per heavy atom. The molecule has 0 aliphatic carbocycles. The van der Waals surface area contributed by atoms with Crippen LogP contribution in [0.3, 0.4) is 0 Å². The van der Waals surface area contributed by atoms with Crippen LogP contribution in [-0.2, 0) is 6.54 Å². The average molecular weight is 348 g/mol. The maximum atomic E-state index is 13.2. The number of anilines is 1. The van der Waals surface area contributed by atoms with Crippen LogP contribution in [0.15, 0.2) is 40.9 Å². The fourth-order valence-electron chi connectivity index (χ4n) is 1.71. The van der Waals surface area contributed by atoms with Crippen molar-refractivity contribution in [1.29, 1.82) is 5.26 Å². The number of carbonyl (C=O) groups excluding carboxylic acids is 1. The summed E-state index contributed by atoms with van der Waals surface area (Å²) in [4.78, 5) is 12.1. The number of halogens is 2. The Kier molecular flexibility index (Phi) is 4.55. The lowest BCUT2D eigenvalue weighted by Crippen LogP contribution is -2.23. The fourth-order valence-corrected chi connectivity index (χ4v) is 2.21. The van der Waals surface area contributed by atoms with Gasteiger partial charge in [-0.05, 0) is 45.8 Å². The highest BCUT2D eigenvalue weighted by atomic mass is 79.9. The number of nitrogen functional groups attached to an aromatic ring is 1. The van der Waals surface area contributed by atoms with Crippen molar-refractivity contribution in [3.05, 3.63) is 63.4 Å². The molecule has 106 valence electrons. The van der Waals surface area contributed by atoms with Crippen molar-refractivity contribution in [3.63, 3.8) is 0 Å².